The van der Waals surface area contributed by atoms with E-state index in [9.17, 15) is 4.79 Å². The molecule has 8 heteroatoms. The van der Waals surface area contributed by atoms with Gasteiger partial charge in [0.15, 0.2) is 5.82 Å². The molecule has 0 spiro atoms. The van der Waals surface area contributed by atoms with Crippen molar-refractivity contribution in [2.45, 2.75) is 25.8 Å². The topological polar surface area (TPSA) is 96.5 Å². The highest BCUT2D eigenvalue weighted by Gasteiger charge is 2.20. The quantitative estimate of drug-likeness (QED) is 0.725. The smallest absolute Gasteiger partial charge is 0.263 e. The van der Waals surface area contributed by atoms with E-state index >= 15 is 0 Å². The number of H-pyrrole nitrogens is 1. The minimum atomic E-state index is -0.256. The zero-order valence-corrected chi connectivity index (χ0v) is 13.4. The Morgan fingerprint density at radius 2 is 2.17 bits per heavy atom. The van der Waals surface area contributed by atoms with Crippen LogP contribution < -0.4 is 5.32 Å². The highest BCUT2D eigenvalue weighted by Crippen LogP contribution is 2.25. The van der Waals surface area contributed by atoms with Gasteiger partial charge in [0, 0.05) is 5.56 Å². The van der Waals surface area contributed by atoms with Crippen molar-refractivity contribution in [3.8, 4) is 10.6 Å². The summed E-state index contributed by atoms with van der Waals surface area (Å²) >= 11 is 1.36. The number of benzene rings is 1. The maximum Gasteiger partial charge on any atom is 0.263 e. The molecule has 23 heavy (non-hydrogen) atoms. The van der Waals surface area contributed by atoms with Crippen LogP contribution in [0.5, 0.6) is 0 Å². The summed E-state index contributed by atoms with van der Waals surface area (Å²) in [4.78, 5) is 17.3. The lowest BCUT2D eigenvalue weighted by Gasteiger charge is -2.13. The third-order valence-corrected chi connectivity index (χ3v) is 4.35. The van der Waals surface area contributed by atoms with Crippen LogP contribution in [0.15, 0.2) is 36.5 Å². The van der Waals surface area contributed by atoms with Crippen LogP contribution in [0.1, 0.15) is 41.3 Å². The van der Waals surface area contributed by atoms with Gasteiger partial charge in [-0.3, -0.25) is 4.79 Å². The Morgan fingerprint density at radius 1 is 1.35 bits per heavy atom. The Kier molecular flexibility index (Phi) is 4.72. The van der Waals surface area contributed by atoms with Gasteiger partial charge in [0.05, 0.1) is 12.2 Å². The van der Waals surface area contributed by atoms with E-state index in [1.165, 1.54) is 11.3 Å². The molecule has 1 atom stereocenters. The molecule has 0 saturated carbocycles. The number of aromatic amines is 1. The van der Waals surface area contributed by atoms with Gasteiger partial charge in [-0.15, -0.1) is 21.5 Å². The van der Waals surface area contributed by atoms with E-state index in [1.807, 2.05) is 37.3 Å². The molecule has 0 aliphatic heterocycles. The van der Waals surface area contributed by atoms with Crippen molar-refractivity contribution in [1.29, 1.82) is 0 Å². The summed E-state index contributed by atoms with van der Waals surface area (Å²) in [6, 6.07) is 9.53. The van der Waals surface area contributed by atoms with Gasteiger partial charge in [0.25, 0.3) is 5.91 Å². The second kappa shape index (κ2) is 7.10. The molecule has 0 unspecified atom stereocenters. The number of tetrazole rings is 1. The highest BCUT2D eigenvalue weighted by molar-refractivity contribution is 7.16. The lowest BCUT2D eigenvalue weighted by atomic mass is 10.1. The molecule has 7 nitrogen and oxygen atoms in total. The third kappa shape index (κ3) is 3.59. The first-order chi connectivity index (χ1) is 11.3. The Bertz CT molecular complexity index is 755. The number of hydrogen-bond donors (Lipinski definition) is 2. The molecule has 0 aliphatic rings. The Morgan fingerprint density at radius 3 is 2.87 bits per heavy atom. The van der Waals surface area contributed by atoms with E-state index in [1.54, 1.807) is 6.20 Å². The summed E-state index contributed by atoms with van der Waals surface area (Å²) in [5, 5.41) is 17.7. The number of amides is 1. The average molecular weight is 328 g/mol. The van der Waals surface area contributed by atoms with E-state index < -0.39 is 0 Å². The van der Waals surface area contributed by atoms with E-state index in [0.29, 0.717) is 10.7 Å². The number of nitrogens with one attached hydrogen (secondary N) is 2. The van der Waals surface area contributed by atoms with E-state index in [-0.39, 0.29) is 11.9 Å². The number of carbonyl (C=O) groups is 1. The van der Waals surface area contributed by atoms with Crippen molar-refractivity contribution in [3.63, 3.8) is 0 Å². The van der Waals surface area contributed by atoms with Crippen molar-refractivity contribution in [2.75, 3.05) is 0 Å². The minimum absolute atomic E-state index is 0.173. The number of nitrogens with zero attached hydrogens (tertiary/aromatic N) is 4. The van der Waals surface area contributed by atoms with Gasteiger partial charge in [0.2, 0.25) is 0 Å². The molecule has 3 rings (SSSR count). The molecule has 0 fully saturated rings. The van der Waals surface area contributed by atoms with Crippen LogP contribution in [-0.2, 0) is 0 Å². The fraction of sp³-hybridized carbons (Fsp3) is 0.267. The molecular weight excluding hydrogens is 312 g/mol. The predicted octanol–water partition coefficient (Wildman–Crippen LogP) is 2.59. The molecule has 1 aromatic carbocycles. The standard InChI is InChI=1S/C15H16N6OS/c1-2-6-11(13-18-20-21-19-13)17-14(22)12-9-16-15(23-12)10-7-4-3-5-8-10/h3-5,7-9,11H,2,6H2,1H3,(H,17,22)(H,18,19,20,21)/t11-/m1/s1. The van der Waals surface area contributed by atoms with Gasteiger partial charge in [0.1, 0.15) is 9.88 Å². The molecule has 3 aromatic rings. The fourth-order valence-corrected chi connectivity index (χ4v) is 3.02. The molecule has 1 amide bonds. The van der Waals surface area contributed by atoms with Crippen molar-refractivity contribution >= 4 is 17.2 Å². The van der Waals surface area contributed by atoms with Gasteiger partial charge < -0.3 is 5.32 Å². The lowest BCUT2D eigenvalue weighted by molar-refractivity contribution is 0.0936. The molecule has 2 aromatic heterocycles. The zero-order valence-electron chi connectivity index (χ0n) is 12.6. The first-order valence-electron chi connectivity index (χ1n) is 7.33. The summed E-state index contributed by atoms with van der Waals surface area (Å²) in [5.41, 5.74) is 1.000. The van der Waals surface area contributed by atoms with Gasteiger partial charge in [-0.25, -0.2) is 4.98 Å². The molecule has 2 N–H and O–H groups in total. The highest BCUT2D eigenvalue weighted by atomic mass is 32.1. The van der Waals surface area contributed by atoms with Crippen molar-refractivity contribution < 1.29 is 4.79 Å². The number of thiazole rings is 1. The molecule has 2 heterocycles. The van der Waals surface area contributed by atoms with Crippen LogP contribution in [0.3, 0.4) is 0 Å². The van der Waals surface area contributed by atoms with E-state index in [4.69, 9.17) is 0 Å². The molecule has 0 bridgehead atoms. The summed E-state index contributed by atoms with van der Waals surface area (Å²) in [7, 11) is 0. The van der Waals surface area contributed by atoms with Gasteiger partial charge >= 0.3 is 0 Å². The minimum Gasteiger partial charge on any atom is -0.341 e. The van der Waals surface area contributed by atoms with Crippen molar-refractivity contribution in [3.05, 3.63) is 47.2 Å². The summed E-state index contributed by atoms with van der Waals surface area (Å²) in [6.07, 6.45) is 3.24. The normalized spacial score (nSPS) is 12.0. The molecule has 118 valence electrons. The fourth-order valence-electron chi connectivity index (χ4n) is 2.19. The van der Waals surface area contributed by atoms with Crippen LogP contribution in [0.2, 0.25) is 0 Å². The maximum absolute atomic E-state index is 12.4. The van der Waals surface area contributed by atoms with Crippen LogP contribution >= 0.6 is 11.3 Å². The van der Waals surface area contributed by atoms with Gasteiger partial charge in [-0.1, -0.05) is 48.9 Å². The summed E-state index contributed by atoms with van der Waals surface area (Å²) in [5.74, 6) is 0.320. The van der Waals surface area contributed by atoms with E-state index in [0.717, 1.165) is 23.4 Å². The van der Waals surface area contributed by atoms with Gasteiger partial charge in [-0.05, 0) is 6.42 Å². The Labute approximate surface area is 137 Å². The molecule has 0 saturated heterocycles. The van der Waals surface area contributed by atoms with Crippen LogP contribution in [0.4, 0.5) is 0 Å². The first-order valence-corrected chi connectivity index (χ1v) is 8.15. The van der Waals surface area contributed by atoms with E-state index in [2.05, 4.69) is 30.9 Å². The van der Waals surface area contributed by atoms with Crippen LogP contribution in [-0.4, -0.2) is 31.5 Å². The first kappa shape index (κ1) is 15.3. The third-order valence-electron chi connectivity index (χ3n) is 3.31. The largest absolute Gasteiger partial charge is 0.341 e. The molecule has 0 radical (unpaired) electrons. The van der Waals surface area contributed by atoms with Crippen molar-refractivity contribution in [2.24, 2.45) is 0 Å². The number of rotatable bonds is 6. The second-order valence-electron chi connectivity index (χ2n) is 4.98. The Balaban J connectivity index is 1.74. The Hall–Kier alpha value is -2.61. The number of aromatic nitrogens is 5. The average Bonchev–Trinajstić information content (AvgIpc) is 3.27. The summed E-state index contributed by atoms with van der Waals surface area (Å²) in [6.45, 7) is 2.04. The zero-order chi connectivity index (χ0) is 16.1. The predicted molar refractivity (Wildman–Crippen MR) is 86.8 cm³/mol. The van der Waals surface area contributed by atoms with Crippen LogP contribution in [0.25, 0.3) is 10.6 Å². The SMILES string of the molecule is CCC[C@@H](NC(=O)c1cnc(-c2ccccc2)s1)c1nn[nH]n1. The molecular formula is C15H16N6OS. The van der Waals surface area contributed by atoms with Crippen LogP contribution in [0, 0.1) is 0 Å². The van der Waals surface area contributed by atoms with Gasteiger partial charge in [-0.2, -0.15) is 5.21 Å². The lowest BCUT2D eigenvalue weighted by Crippen LogP contribution is -2.28. The second-order valence-corrected chi connectivity index (χ2v) is 6.01. The van der Waals surface area contributed by atoms with Crippen molar-refractivity contribution in [1.82, 2.24) is 30.9 Å². The maximum atomic E-state index is 12.4. The summed E-state index contributed by atoms with van der Waals surface area (Å²) < 4.78 is 0. The number of carbonyl (C=O) groups excluding carboxylic acids is 1. The molecule has 0 aliphatic carbocycles. The number of hydrogen-bond acceptors (Lipinski definition) is 6. The monoisotopic (exact) mass is 328 g/mol.